The van der Waals surface area contributed by atoms with Gasteiger partial charge in [0.05, 0.1) is 24.8 Å². The van der Waals surface area contributed by atoms with Gasteiger partial charge in [0.1, 0.15) is 5.76 Å². The molecule has 0 aliphatic carbocycles. The molecule has 0 radical (unpaired) electrons. The quantitative estimate of drug-likeness (QED) is 0.472. The van der Waals surface area contributed by atoms with Crippen LogP contribution in [0.25, 0.3) is 0 Å². The number of methoxy groups -OCH3 is 1. The number of nitro groups is 1. The number of rotatable bonds is 4. The van der Waals surface area contributed by atoms with Crippen LogP contribution in [0.3, 0.4) is 0 Å². The van der Waals surface area contributed by atoms with Crippen LogP contribution in [0, 0.1) is 10.1 Å². The van der Waals surface area contributed by atoms with E-state index in [1.54, 1.807) is 0 Å². The van der Waals surface area contributed by atoms with Gasteiger partial charge in [0.15, 0.2) is 0 Å². The van der Waals surface area contributed by atoms with Crippen LogP contribution in [0.1, 0.15) is 16.3 Å². The van der Waals surface area contributed by atoms with Crippen molar-refractivity contribution in [1.29, 1.82) is 0 Å². The van der Waals surface area contributed by atoms with Crippen molar-refractivity contribution >= 4 is 11.7 Å². The van der Waals surface area contributed by atoms with Crippen LogP contribution < -0.4 is 5.56 Å². The zero-order valence-corrected chi connectivity index (χ0v) is 10.4. The van der Waals surface area contributed by atoms with Crippen LogP contribution in [0.4, 0.5) is 5.69 Å². The summed E-state index contributed by atoms with van der Waals surface area (Å²) in [5, 5.41) is 10.7. The van der Waals surface area contributed by atoms with E-state index in [0.29, 0.717) is 5.76 Å². The van der Waals surface area contributed by atoms with E-state index in [0.717, 1.165) is 22.9 Å². The van der Waals surface area contributed by atoms with Crippen molar-refractivity contribution in [3.63, 3.8) is 0 Å². The molecule has 104 valence electrons. The van der Waals surface area contributed by atoms with Crippen molar-refractivity contribution in [2.75, 3.05) is 7.11 Å². The molecule has 0 unspecified atom stereocenters. The molecule has 2 aromatic rings. The second-order valence-corrected chi connectivity index (χ2v) is 3.87. The van der Waals surface area contributed by atoms with Crippen LogP contribution in [0.15, 0.2) is 39.7 Å². The highest BCUT2D eigenvalue weighted by Crippen LogP contribution is 2.12. The molecular weight excluding hydrogens is 268 g/mol. The summed E-state index contributed by atoms with van der Waals surface area (Å²) < 4.78 is 10.8. The number of furan rings is 1. The minimum Gasteiger partial charge on any atom is -0.463 e. The monoisotopic (exact) mass is 278 g/mol. The van der Waals surface area contributed by atoms with Gasteiger partial charge in [-0.2, -0.15) is 0 Å². The third-order valence-electron chi connectivity index (χ3n) is 2.55. The lowest BCUT2D eigenvalue weighted by Gasteiger charge is -2.02. The summed E-state index contributed by atoms with van der Waals surface area (Å²) in [7, 11) is 1.22. The number of nitrogens with zero attached hydrogens (tertiary/aromatic N) is 2. The first-order chi connectivity index (χ1) is 9.51. The molecule has 2 aromatic heterocycles. The Kier molecular flexibility index (Phi) is 3.65. The molecule has 0 saturated carbocycles. The lowest BCUT2D eigenvalue weighted by Crippen LogP contribution is -2.19. The van der Waals surface area contributed by atoms with E-state index in [-0.39, 0.29) is 18.0 Å². The van der Waals surface area contributed by atoms with Gasteiger partial charge in [-0.3, -0.25) is 14.9 Å². The molecule has 0 fully saturated rings. The first-order valence-corrected chi connectivity index (χ1v) is 5.53. The van der Waals surface area contributed by atoms with Crippen LogP contribution in [-0.4, -0.2) is 22.6 Å². The van der Waals surface area contributed by atoms with E-state index in [4.69, 9.17) is 4.42 Å². The fourth-order valence-corrected chi connectivity index (χ4v) is 1.59. The number of hydrogen-bond acceptors (Lipinski definition) is 6. The summed E-state index contributed by atoms with van der Waals surface area (Å²) in [5.74, 6) is -0.323. The maximum Gasteiger partial charge on any atom is 0.373 e. The summed E-state index contributed by atoms with van der Waals surface area (Å²) in [6.45, 7) is -0.0164. The third-order valence-corrected chi connectivity index (χ3v) is 2.55. The summed E-state index contributed by atoms with van der Waals surface area (Å²) in [5.41, 5.74) is -0.615. The molecule has 0 saturated heterocycles. The second-order valence-electron chi connectivity index (χ2n) is 3.87. The molecular formula is C12H10N2O6. The summed E-state index contributed by atoms with van der Waals surface area (Å²) in [6.07, 6.45) is 1.11. The number of ether oxygens (including phenoxy) is 1. The molecule has 8 nitrogen and oxygen atoms in total. The number of esters is 1. The summed E-state index contributed by atoms with van der Waals surface area (Å²) >= 11 is 0. The second kappa shape index (κ2) is 5.39. The van der Waals surface area contributed by atoms with Gasteiger partial charge < -0.3 is 13.7 Å². The van der Waals surface area contributed by atoms with E-state index in [1.807, 2.05) is 0 Å². The normalized spacial score (nSPS) is 10.2. The average Bonchev–Trinajstić information content (AvgIpc) is 2.88. The predicted molar refractivity (Wildman–Crippen MR) is 66.5 cm³/mol. The van der Waals surface area contributed by atoms with Crippen LogP contribution in [0.5, 0.6) is 0 Å². The highest BCUT2D eigenvalue weighted by atomic mass is 16.6. The van der Waals surface area contributed by atoms with E-state index in [9.17, 15) is 19.7 Å². The van der Waals surface area contributed by atoms with E-state index < -0.39 is 16.5 Å². The third kappa shape index (κ3) is 2.74. The minimum atomic E-state index is -0.636. The van der Waals surface area contributed by atoms with Crippen molar-refractivity contribution in [2.45, 2.75) is 6.54 Å². The van der Waals surface area contributed by atoms with Crippen molar-refractivity contribution in [3.8, 4) is 0 Å². The molecule has 0 aliphatic heterocycles. The molecule has 0 N–H and O–H groups in total. The Morgan fingerprint density at radius 1 is 1.40 bits per heavy atom. The number of hydrogen-bond donors (Lipinski definition) is 0. The Hall–Kier alpha value is -2.90. The number of pyridine rings is 1. The highest BCUT2D eigenvalue weighted by Gasteiger charge is 2.13. The Labute approximate surface area is 112 Å². The topological polar surface area (TPSA) is 105 Å². The smallest absolute Gasteiger partial charge is 0.373 e. The van der Waals surface area contributed by atoms with Gasteiger partial charge in [-0.25, -0.2) is 4.79 Å². The first-order valence-electron chi connectivity index (χ1n) is 5.53. The molecule has 0 aliphatic rings. The largest absolute Gasteiger partial charge is 0.463 e. The molecule has 0 spiro atoms. The molecule has 2 heterocycles. The van der Waals surface area contributed by atoms with Gasteiger partial charge >= 0.3 is 5.97 Å². The number of carbonyl (C=O) groups excluding carboxylic acids is 1. The highest BCUT2D eigenvalue weighted by molar-refractivity contribution is 5.86. The zero-order chi connectivity index (χ0) is 14.7. The van der Waals surface area contributed by atoms with Crippen LogP contribution in [0.2, 0.25) is 0 Å². The van der Waals surface area contributed by atoms with Gasteiger partial charge in [-0.15, -0.1) is 0 Å². The van der Waals surface area contributed by atoms with Crippen LogP contribution in [-0.2, 0) is 11.3 Å². The Morgan fingerprint density at radius 3 is 2.80 bits per heavy atom. The fraction of sp³-hybridized carbons (Fsp3) is 0.167. The molecule has 0 atom stereocenters. The molecule has 0 amide bonds. The van der Waals surface area contributed by atoms with E-state index in [1.165, 1.54) is 19.2 Å². The Morgan fingerprint density at radius 2 is 2.15 bits per heavy atom. The zero-order valence-electron chi connectivity index (χ0n) is 10.4. The van der Waals surface area contributed by atoms with Crippen molar-refractivity contribution in [3.05, 3.63) is 62.5 Å². The lowest BCUT2D eigenvalue weighted by molar-refractivity contribution is -0.385. The van der Waals surface area contributed by atoms with Crippen molar-refractivity contribution < 1.29 is 18.9 Å². The SMILES string of the molecule is COC(=O)c1ccc(Cn2cc([N+](=O)[O-])ccc2=O)o1. The van der Waals surface area contributed by atoms with E-state index in [2.05, 4.69) is 4.74 Å². The predicted octanol–water partition coefficient (Wildman–Crippen LogP) is 1.18. The van der Waals surface area contributed by atoms with Crippen molar-refractivity contribution in [1.82, 2.24) is 4.57 Å². The fourth-order valence-electron chi connectivity index (χ4n) is 1.59. The van der Waals surface area contributed by atoms with Gasteiger partial charge in [-0.1, -0.05) is 0 Å². The number of aromatic nitrogens is 1. The van der Waals surface area contributed by atoms with E-state index >= 15 is 0 Å². The molecule has 2 rings (SSSR count). The van der Waals surface area contributed by atoms with Gasteiger partial charge in [0.2, 0.25) is 5.76 Å². The van der Waals surface area contributed by atoms with Crippen LogP contribution >= 0.6 is 0 Å². The average molecular weight is 278 g/mol. The van der Waals surface area contributed by atoms with Gasteiger partial charge in [0, 0.05) is 12.1 Å². The first kappa shape index (κ1) is 13.5. The lowest BCUT2D eigenvalue weighted by atomic mass is 10.3. The van der Waals surface area contributed by atoms with Gasteiger partial charge in [-0.05, 0) is 12.1 Å². The standard InChI is InChI=1S/C12H10N2O6/c1-19-12(16)10-4-3-9(20-10)7-13-6-8(14(17)18)2-5-11(13)15/h2-6H,7H2,1H3. The van der Waals surface area contributed by atoms with Crippen molar-refractivity contribution in [2.24, 2.45) is 0 Å². The maximum absolute atomic E-state index is 11.6. The Balaban J connectivity index is 2.28. The summed E-state index contributed by atoms with van der Waals surface area (Å²) in [6, 6.07) is 5.13. The number of carbonyl (C=O) groups is 1. The maximum atomic E-state index is 11.6. The molecule has 20 heavy (non-hydrogen) atoms. The Bertz CT molecular complexity index is 715. The van der Waals surface area contributed by atoms with Gasteiger partial charge in [0.25, 0.3) is 11.2 Å². The molecule has 0 bridgehead atoms. The minimum absolute atomic E-state index is 0.000907. The molecule has 8 heteroatoms. The molecule has 0 aromatic carbocycles. The summed E-state index contributed by atoms with van der Waals surface area (Å²) in [4.78, 5) is 32.9.